The van der Waals surface area contributed by atoms with Gasteiger partial charge in [-0.05, 0) is 36.4 Å². The van der Waals surface area contributed by atoms with Gasteiger partial charge in [0.25, 0.3) is 5.91 Å². The van der Waals surface area contributed by atoms with E-state index in [1.807, 2.05) is 29.2 Å². The van der Waals surface area contributed by atoms with Crippen molar-refractivity contribution >= 4 is 38.8 Å². The van der Waals surface area contributed by atoms with Crippen LogP contribution in [-0.2, 0) is 0 Å². The molecular formula is C21H17BrFN7O. The standard InChI is InChI=1S/C21H17BrFN7O/c22-15-4-1-3-14(11-15)21(31)29-9-7-28(8-10-29)19-18-20(25-13-24-19)30(27-26-18)17-6-2-5-16(23)12-17/h1-6,11-13H,7-10H2. The van der Waals surface area contributed by atoms with Gasteiger partial charge in [0.2, 0.25) is 0 Å². The average molecular weight is 482 g/mol. The van der Waals surface area contributed by atoms with Crippen LogP contribution in [0.25, 0.3) is 16.9 Å². The van der Waals surface area contributed by atoms with Crippen LogP contribution in [-0.4, -0.2) is 61.9 Å². The Hall–Kier alpha value is -3.40. The molecule has 1 fully saturated rings. The minimum Gasteiger partial charge on any atom is -0.351 e. The molecular weight excluding hydrogens is 465 g/mol. The molecule has 31 heavy (non-hydrogen) atoms. The number of halogens is 2. The Kier molecular flexibility index (Phi) is 5.06. The number of piperazine rings is 1. The maximum absolute atomic E-state index is 13.6. The Morgan fingerprint density at radius 3 is 2.58 bits per heavy atom. The van der Waals surface area contributed by atoms with Crippen LogP contribution >= 0.6 is 15.9 Å². The summed E-state index contributed by atoms with van der Waals surface area (Å²) < 4.78 is 16.0. The van der Waals surface area contributed by atoms with Crippen molar-refractivity contribution in [1.29, 1.82) is 0 Å². The summed E-state index contributed by atoms with van der Waals surface area (Å²) >= 11 is 3.41. The molecule has 0 bridgehead atoms. The zero-order chi connectivity index (χ0) is 21.4. The Labute approximate surface area is 185 Å². The zero-order valence-electron chi connectivity index (χ0n) is 16.3. The van der Waals surface area contributed by atoms with Crippen molar-refractivity contribution < 1.29 is 9.18 Å². The van der Waals surface area contributed by atoms with Crippen molar-refractivity contribution in [3.63, 3.8) is 0 Å². The zero-order valence-corrected chi connectivity index (χ0v) is 17.9. The summed E-state index contributed by atoms with van der Waals surface area (Å²) in [5.74, 6) is 0.301. The molecule has 8 nitrogen and oxygen atoms in total. The van der Waals surface area contributed by atoms with Gasteiger partial charge in [0.15, 0.2) is 17.0 Å². The minimum atomic E-state index is -0.360. The number of carbonyl (C=O) groups is 1. The molecule has 5 rings (SSSR count). The van der Waals surface area contributed by atoms with Crippen LogP contribution in [0.1, 0.15) is 10.4 Å². The fourth-order valence-electron chi connectivity index (χ4n) is 3.68. The third kappa shape index (κ3) is 3.74. The van der Waals surface area contributed by atoms with E-state index in [0.29, 0.717) is 54.4 Å². The van der Waals surface area contributed by atoms with Gasteiger partial charge in [-0.1, -0.05) is 33.3 Å². The van der Waals surface area contributed by atoms with E-state index in [0.717, 1.165) is 4.47 Å². The molecule has 2 aromatic carbocycles. The first-order chi connectivity index (χ1) is 15.1. The maximum atomic E-state index is 13.6. The summed E-state index contributed by atoms with van der Waals surface area (Å²) in [6.07, 6.45) is 1.45. The van der Waals surface area contributed by atoms with Crippen LogP contribution in [0.4, 0.5) is 10.2 Å². The van der Waals surface area contributed by atoms with Crippen LogP contribution in [0.5, 0.6) is 0 Å². The molecule has 2 aromatic heterocycles. The van der Waals surface area contributed by atoms with E-state index in [2.05, 4.69) is 41.1 Å². The number of amides is 1. The monoisotopic (exact) mass is 481 g/mol. The highest BCUT2D eigenvalue weighted by atomic mass is 79.9. The Balaban J connectivity index is 1.37. The van der Waals surface area contributed by atoms with Crippen molar-refractivity contribution in [3.05, 3.63) is 70.7 Å². The summed E-state index contributed by atoms with van der Waals surface area (Å²) in [5, 5.41) is 8.40. The van der Waals surface area contributed by atoms with Crippen molar-refractivity contribution in [3.8, 4) is 5.69 Å². The van der Waals surface area contributed by atoms with E-state index < -0.39 is 0 Å². The molecule has 0 N–H and O–H groups in total. The van der Waals surface area contributed by atoms with Gasteiger partial charge < -0.3 is 9.80 Å². The average Bonchev–Trinajstić information content (AvgIpc) is 3.23. The third-order valence-electron chi connectivity index (χ3n) is 5.21. The number of hydrogen-bond acceptors (Lipinski definition) is 6. The van der Waals surface area contributed by atoms with Crippen LogP contribution in [0.2, 0.25) is 0 Å². The van der Waals surface area contributed by atoms with E-state index >= 15 is 0 Å². The van der Waals surface area contributed by atoms with Crippen molar-refractivity contribution in [2.24, 2.45) is 0 Å². The fraction of sp³-hybridized carbons (Fsp3) is 0.190. The SMILES string of the molecule is O=C(c1cccc(Br)c1)N1CCN(c2ncnc3c2nnn3-c2cccc(F)c2)CC1. The summed E-state index contributed by atoms with van der Waals surface area (Å²) in [6, 6.07) is 13.5. The Bertz CT molecular complexity index is 1270. The quantitative estimate of drug-likeness (QED) is 0.447. The Morgan fingerprint density at radius 1 is 1.00 bits per heavy atom. The van der Waals surface area contributed by atoms with Crippen molar-refractivity contribution in [1.82, 2.24) is 29.9 Å². The van der Waals surface area contributed by atoms with Gasteiger partial charge in [0.1, 0.15) is 12.1 Å². The molecule has 0 atom stereocenters. The smallest absolute Gasteiger partial charge is 0.254 e. The van der Waals surface area contributed by atoms with Gasteiger partial charge >= 0.3 is 0 Å². The van der Waals surface area contributed by atoms with Gasteiger partial charge in [0, 0.05) is 36.2 Å². The number of fused-ring (bicyclic) bond motifs is 1. The minimum absolute atomic E-state index is 0.00540. The molecule has 4 aromatic rings. The number of aromatic nitrogens is 5. The first-order valence-corrected chi connectivity index (χ1v) is 10.5. The van der Waals surface area contributed by atoms with E-state index in [1.165, 1.54) is 23.1 Å². The molecule has 0 saturated carbocycles. The van der Waals surface area contributed by atoms with E-state index in [1.54, 1.807) is 12.1 Å². The van der Waals surface area contributed by atoms with Crippen molar-refractivity contribution in [2.75, 3.05) is 31.1 Å². The van der Waals surface area contributed by atoms with Crippen LogP contribution < -0.4 is 4.90 Å². The predicted molar refractivity (Wildman–Crippen MR) is 117 cm³/mol. The molecule has 156 valence electrons. The lowest BCUT2D eigenvalue weighted by Gasteiger charge is -2.35. The van der Waals surface area contributed by atoms with Crippen LogP contribution in [0, 0.1) is 5.82 Å². The molecule has 1 aliphatic heterocycles. The second-order valence-corrected chi connectivity index (χ2v) is 8.06. The normalized spacial score (nSPS) is 14.3. The van der Waals surface area contributed by atoms with Gasteiger partial charge in [-0.15, -0.1) is 5.10 Å². The molecule has 10 heteroatoms. The van der Waals surface area contributed by atoms with Gasteiger partial charge in [0.05, 0.1) is 5.69 Å². The van der Waals surface area contributed by atoms with Crippen LogP contribution in [0.15, 0.2) is 59.3 Å². The maximum Gasteiger partial charge on any atom is 0.254 e. The second kappa shape index (κ2) is 8.03. The lowest BCUT2D eigenvalue weighted by atomic mass is 10.2. The summed E-state index contributed by atoms with van der Waals surface area (Å²) in [4.78, 5) is 25.4. The summed E-state index contributed by atoms with van der Waals surface area (Å²) in [6.45, 7) is 2.35. The summed E-state index contributed by atoms with van der Waals surface area (Å²) in [5.41, 5.74) is 2.24. The van der Waals surface area contributed by atoms with Crippen LogP contribution in [0.3, 0.4) is 0 Å². The van der Waals surface area contributed by atoms with Gasteiger partial charge in [-0.25, -0.2) is 14.4 Å². The molecule has 3 heterocycles. The lowest BCUT2D eigenvalue weighted by Crippen LogP contribution is -2.49. The number of rotatable bonds is 3. The molecule has 1 saturated heterocycles. The van der Waals surface area contributed by atoms with Gasteiger partial charge in [-0.3, -0.25) is 4.79 Å². The topological polar surface area (TPSA) is 80.0 Å². The first kappa shape index (κ1) is 19.6. The van der Waals surface area contributed by atoms with Gasteiger partial charge in [-0.2, -0.15) is 4.68 Å². The number of carbonyl (C=O) groups excluding carboxylic acids is 1. The van der Waals surface area contributed by atoms with E-state index in [-0.39, 0.29) is 11.7 Å². The highest BCUT2D eigenvalue weighted by molar-refractivity contribution is 9.10. The number of anilines is 1. The number of benzene rings is 2. The van der Waals surface area contributed by atoms with E-state index in [9.17, 15) is 9.18 Å². The number of hydrogen-bond donors (Lipinski definition) is 0. The predicted octanol–water partition coefficient (Wildman–Crippen LogP) is 3.07. The fourth-order valence-corrected chi connectivity index (χ4v) is 4.07. The lowest BCUT2D eigenvalue weighted by molar-refractivity contribution is 0.0746. The molecule has 0 radical (unpaired) electrons. The highest BCUT2D eigenvalue weighted by Crippen LogP contribution is 2.24. The van der Waals surface area contributed by atoms with Crippen molar-refractivity contribution in [2.45, 2.75) is 0 Å². The van der Waals surface area contributed by atoms with E-state index in [4.69, 9.17) is 0 Å². The third-order valence-corrected chi connectivity index (χ3v) is 5.70. The molecule has 0 spiro atoms. The number of nitrogens with zero attached hydrogens (tertiary/aromatic N) is 7. The molecule has 1 amide bonds. The molecule has 1 aliphatic rings. The molecule has 0 unspecified atom stereocenters. The summed E-state index contributed by atoms with van der Waals surface area (Å²) in [7, 11) is 0. The molecule has 0 aliphatic carbocycles. The first-order valence-electron chi connectivity index (χ1n) is 9.72. The Morgan fingerprint density at radius 2 is 1.81 bits per heavy atom. The second-order valence-electron chi connectivity index (χ2n) is 7.14. The highest BCUT2D eigenvalue weighted by Gasteiger charge is 2.25. The largest absolute Gasteiger partial charge is 0.351 e.